The van der Waals surface area contributed by atoms with Gasteiger partial charge in [0.1, 0.15) is 5.75 Å². The molecule has 29 heavy (non-hydrogen) atoms. The molecule has 1 aromatic carbocycles. The van der Waals surface area contributed by atoms with Crippen LogP contribution in [0.4, 0.5) is 11.4 Å². The number of aromatic nitrogens is 2. The predicted molar refractivity (Wildman–Crippen MR) is 115 cm³/mol. The molecule has 0 saturated carbocycles. The van der Waals surface area contributed by atoms with E-state index in [1.54, 1.807) is 13.3 Å². The molecule has 0 aliphatic carbocycles. The minimum atomic E-state index is 0.0110. The third kappa shape index (κ3) is 4.01. The normalized spacial score (nSPS) is 16.7. The van der Waals surface area contributed by atoms with Gasteiger partial charge in [0.25, 0.3) is 5.91 Å². The van der Waals surface area contributed by atoms with Crippen molar-refractivity contribution in [3.05, 3.63) is 53.9 Å². The van der Waals surface area contributed by atoms with E-state index >= 15 is 0 Å². The van der Waals surface area contributed by atoms with Crippen LogP contribution in [0.15, 0.2) is 42.6 Å². The summed E-state index contributed by atoms with van der Waals surface area (Å²) in [5, 5.41) is 4.26. The Morgan fingerprint density at radius 2 is 2.14 bits per heavy atom. The van der Waals surface area contributed by atoms with E-state index in [2.05, 4.69) is 22.2 Å². The maximum Gasteiger partial charge on any atom is 0.257 e. The number of hydrogen-bond donors (Lipinski definition) is 1. The molecule has 0 spiro atoms. The highest BCUT2D eigenvalue weighted by Crippen LogP contribution is 2.31. The summed E-state index contributed by atoms with van der Waals surface area (Å²) in [6.07, 6.45) is 3.85. The van der Waals surface area contributed by atoms with E-state index in [1.807, 2.05) is 48.2 Å². The third-order valence-electron chi connectivity index (χ3n) is 5.38. The summed E-state index contributed by atoms with van der Waals surface area (Å²) >= 11 is 0. The topological polar surface area (TPSA) is 67.3 Å². The summed E-state index contributed by atoms with van der Waals surface area (Å²) in [5.41, 5.74) is 3.66. The van der Waals surface area contributed by atoms with Gasteiger partial charge in [-0.05, 0) is 49.9 Å². The van der Waals surface area contributed by atoms with Crippen molar-refractivity contribution >= 4 is 28.3 Å². The molecule has 3 heterocycles. The molecule has 3 aromatic rings. The average Bonchev–Trinajstić information content (AvgIpc) is 2.73. The summed E-state index contributed by atoms with van der Waals surface area (Å²) in [5.74, 6) is 1.28. The number of amides is 1. The van der Waals surface area contributed by atoms with Crippen molar-refractivity contribution < 1.29 is 9.53 Å². The SMILES string of the molecule is COc1cccc(Nc2c(C(=O)N3CCC[C@H](C)C3)cnc3nc(C)ccc23)c1. The fourth-order valence-electron chi connectivity index (χ4n) is 3.86. The van der Waals surface area contributed by atoms with E-state index in [1.165, 1.54) is 0 Å². The molecule has 6 nitrogen and oxygen atoms in total. The summed E-state index contributed by atoms with van der Waals surface area (Å²) < 4.78 is 5.34. The molecule has 2 aromatic heterocycles. The van der Waals surface area contributed by atoms with Gasteiger partial charge in [-0.3, -0.25) is 4.79 Å². The number of piperidine rings is 1. The number of pyridine rings is 2. The third-order valence-corrected chi connectivity index (χ3v) is 5.38. The maximum absolute atomic E-state index is 13.4. The van der Waals surface area contributed by atoms with Gasteiger partial charge in [0.15, 0.2) is 5.65 Å². The molecule has 0 radical (unpaired) electrons. The molecule has 1 fully saturated rings. The van der Waals surface area contributed by atoms with Crippen molar-refractivity contribution in [3.63, 3.8) is 0 Å². The molecular formula is C23H26N4O2. The zero-order valence-electron chi connectivity index (χ0n) is 17.1. The molecule has 1 aliphatic heterocycles. The van der Waals surface area contributed by atoms with Crippen LogP contribution in [0.5, 0.6) is 5.75 Å². The van der Waals surface area contributed by atoms with Crippen LogP contribution in [0.2, 0.25) is 0 Å². The highest BCUT2D eigenvalue weighted by atomic mass is 16.5. The molecular weight excluding hydrogens is 364 g/mol. The number of methoxy groups -OCH3 is 1. The molecule has 150 valence electrons. The second-order valence-corrected chi connectivity index (χ2v) is 7.73. The summed E-state index contributed by atoms with van der Waals surface area (Å²) in [6.45, 7) is 5.69. The van der Waals surface area contributed by atoms with Gasteiger partial charge in [-0.1, -0.05) is 13.0 Å². The number of carbonyl (C=O) groups excluding carboxylic acids is 1. The van der Waals surface area contributed by atoms with Crippen LogP contribution in [-0.2, 0) is 0 Å². The molecule has 1 amide bonds. The summed E-state index contributed by atoms with van der Waals surface area (Å²) in [7, 11) is 1.64. The van der Waals surface area contributed by atoms with Crippen LogP contribution in [0.3, 0.4) is 0 Å². The van der Waals surface area contributed by atoms with Gasteiger partial charge in [0.2, 0.25) is 0 Å². The molecule has 1 atom stereocenters. The molecule has 4 rings (SSSR count). The van der Waals surface area contributed by atoms with Crippen molar-refractivity contribution in [2.75, 3.05) is 25.5 Å². The Kier molecular flexibility index (Phi) is 5.34. The van der Waals surface area contributed by atoms with E-state index in [4.69, 9.17) is 4.74 Å². The number of benzene rings is 1. The van der Waals surface area contributed by atoms with Crippen molar-refractivity contribution in [2.24, 2.45) is 5.92 Å². The first kappa shape index (κ1) is 19.2. The Labute approximate surface area is 170 Å². The lowest BCUT2D eigenvalue weighted by Gasteiger charge is -2.31. The fourth-order valence-corrected chi connectivity index (χ4v) is 3.86. The minimum absolute atomic E-state index is 0.0110. The molecule has 1 N–H and O–H groups in total. The standard InChI is InChI=1S/C23H26N4O2/c1-15-6-5-11-27(14-15)23(28)20-13-24-22-19(10-9-16(2)25-22)21(20)26-17-7-4-8-18(12-17)29-3/h4,7-10,12-13,15H,5-6,11,14H2,1-3H3,(H,24,25,26)/t15-/m0/s1. The molecule has 1 saturated heterocycles. The first-order valence-electron chi connectivity index (χ1n) is 10.0. The number of nitrogens with zero attached hydrogens (tertiary/aromatic N) is 3. The second-order valence-electron chi connectivity index (χ2n) is 7.73. The van der Waals surface area contributed by atoms with Crippen LogP contribution < -0.4 is 10.1 Å². The Morgan fingerprint density at radius 3 is 2.93 bits per heavy atom. The zero-order valence-corrected chi connectivity index (χ0v) is 17.1. The fraction of sp³-hybridized carbons (Fsp3) is 0.348. The number of rotatable bonds is 4. The lowest BCUT2D eigenvalue weighted by atomic mass is 9.99. The summed E-state index contributed by atoms with van der Waals surface area (Å²) in [6, 6.07) is 11.6. The number of likely N-dealkylation sites (tertiary alicyclic amines) is 1. The maximum atomic E-state index is 13.4. The van der Waals surface area contributed by atoms with Crippen LogP contribution in [0.1, 0.15) is 35.8 Å². The van der Waals surface area contributed by atoms with Gasteiger partial charge in [-0.15, -0.1) is 0 Å². The van der Waals surface area contributed by atoms with Gasteiger partial charge in [0.05, 0.1) is 18.4 Å². The van der Waals surface area contributed by atoms with Crippen molar-refractivity contribution in [2.45, 2.75) is 26.7 Å². The van der Waals surface area contributed by atoms with Gasteiger partial charge in [-0.2, -0.15) is 0 Å². The van der Waals surface area contributed by atoms with E-state index in [9.17, 15) is 4.79 Å². The second kappa shape index (κ2) is 8.07. The first-order chi connectivity index (χ1) is 14.0. The number of aryl methyl sites for hydroxylation is 1. The Bertz CT molecular complexity index is 1050. The van der Waals surface area contributed by atoms with Crippen LogP contribution >= 0.6 is 0 Å². The van der Waals surface area contributed by atoms with Crippen LogP contribution in [-0.4, -0.2) is 41.0 Å². The average molecular weight is 390 g/mol. The van der Waals surface area contributed by atoms with E-state index < -0.39 is 0 Å². The number of anilines is 2. The van der Waals surface area contributed by atoms with Gasteiger partial charge >= 0.3 is 0 Å². The predicted octanol–water partition coefficient (Wildman–Crippen LogP) is 4.56. The molecule has 0 bridgehead atoms. The Balaban J connectivity index is 1.79. The highest BCUT2D eigenvalue weighted by molar-refractivity contribution is 6.07. The quantitative estimate of drug-likeness (QED) is 0.707. The van der Waals surface area contributed by atoms with Gasteiger partial charge < -0.3 is 15.0 Å². The van der Waals surface area contributed by atoms with E-state index in [0.717, 1.165) is 54.1 Å². The molecule has 1 aliphatic rings. The van der Waals surface area contributed by atoms with Crippen molar-refractivity contribution in [3.8, 4) is 5.75 Å². The van der Waals surface area contributed by atoms with Gasteiger partial charge in [-0.25, -0.2) is 9.97 Å². The van der Waals surface area contributed by atoms with Crippen LogP contribution in [0, 0.1) is 12.8 Å². The lowest BCUT2D eigenvalue weighted by Crippen LogP contribution is -2.39. The number of ether oxygens (including phenoxy) is 1. The largest absolute Gasteiger partial charge is 0.497 e. The van der Waals surface area contributed by atoms with Crippen molar-refractivity contribution in [1.82, 2.24) is 14.9 Å². The first-order valence-corrected chi connectivity index (χ1v) is 10.0. The Morgan fingerprint density at radius 1 is 1.28 bits per heavy atom. The van der Waals surface area contributed by atoms with E-state index in [-0.39, 0.29) is 5.91 Å². The summed E-state index contributed by atoms with van der Waals surface area (Å²) in [4.78, 5) is 24.4. The van der Waals surface area contributed by atoms with Crippen LogP contribution in [0.25, 0.3) is 11.0 Å². The molecule has 6 heteroatoms. The number of fused-ring (bicyclic) bond motifs is 1. The number of nitrogens with one attached hydrogen (secondary N) is 1. The van der Waals surface area contributed by atoms with Gasteiger partial charge in [0, 0.05) is 42.1 Å². The number of hydrogen-bond acceptors (Lipinski definition) is 5. The van der Waals surface area contributed by atoms with Crippen molar-refractivity contribution in [1.29, 1.82) is 0 Å². The van der Waals surface area contributed by atoms with E-state index in [0.29, 0.717) is 17.1 Å². The highest BCUT2D eigenvalue weighted by Gasteiger charge is 2.25. The lowest BCUT2D eigenvalue weighted by molar-refractivity contribution is 0.0684. The Hall–Kier alpha value is -3.15. The minimum Gasteiger partial charge on any atom is -0.497 e. The smallest absolute Gasteiger partial charge is 0.257 e. The number of carbonyl (C=O) groups is 1. The zero-order chi connectivity index (χ0) is 20.4. The monoisotopic (exact) mass is 390 g/mol. The molecule has 0 unspecified atom stereocenters.